The molecule has 0 bridgehead atoms. The van der Waals surface area contributed by atoms with Crippen LogP contribution in [-0.4, -0.2) is 97.9 Å². The normalized spacial score (nSPS) is 22.1. The van der Waals surface area contributed by atoms with E-state index in [-0.39, 0.29) is 42.1 Å². The molecular weight excluding hydrogens is 622 g/mol. The van der Waals surface area contributed by atoms with Crippen molar-refractivity contribution in [2.75, 3.05) is 39.5 Å². The number of sulfonamides is 1. The number of piperidine rings is 1. The number of rotatable bonds is 11. The highest BCUT2D eigenvalue weighted by atomic mass is 32.2. The summed E-state index contributed by atoms with van der Waals surface area (Å²) in [4.78, 5) is 13.0. The molecule has 12 nitrogen and oxygen atoms in total. The molecule has 3 aliphatic rings. The Morgan fingerprint density at radius 2 is 1.80 bits per heavy atom. The second-order valence-electron chi connectivity index (χ2n) is 12.4. The molecule has 2 aromatic carbocycles. The SMILES string of the molecule is Cn1cc(S(=O)(=O)N2CCC3(CC2)C[C@@H](NCC(O)COc2cccc(S(=O)(=O)C4(CO)CC4)c2)CO3)c(=O)c2ccccc21. The van der Waals surface area contributed by atoms with Crippen LogP contribution in [0.1, 0.15) is 32.1 Å². The molecule has 1 aromatic heterocycles. The van der Waals surface area contributed by atoms with E-state index in [1.807, 2.05) is 0 Å². The molecule has 45 heavy (non-hydrogen) atoms. The second-order valence-corrected chi connectivity index (χ2v) is 16.7. The van der Waals surface area contributed by atoms with Crippen molar-refractivity contribution >= 4 is 30.8 Å². The fraction of sp³-hybridized carbons (Fsp3) is 0.516. The lowest BCUT2D eigenvalue weighted by Crippen LogP contribution is -2.47. The topological polar surface area (TPSA) is 164 Å². The van der Waals surface area contributed by atoms with E-state index in [2.05, 4.69) is 5.32 Å². The number of aliphatic hydroxyl groups excluding tert-OH is 2. The molecule has 3 heterocycles. The van der Waals surface area contributed by atoms with Gasteiger partial charge in [-0.2, -0.15) is 4.31 Å². The van der Waals surface area contributed by atoms with Gasteiger partial charge in [-0.3, -0.25) is 4.79 Å². The largest absolute Gasteiger partial charge is 0.491 e. The van der Waals surface area contributed by atoms with Gasteiger partial charge in [0, 0.05) is 44.3 Å². The number of nitrogens with one attached hydrogen (secondary N) is 1. The molecule has 3 aromatic rings. The highest BCUT2D eigenvalue weighted by molar-refractivity contribution is 7.93. The lowest BCUT2D eigenvalue weighted by molar-refractivity contribution is -0.0312. The molecule has 0 amide bonds. The van der Waals surface area contributed by atoms with Crippen LogP contribution in [0.2, 0.25) is 0 Å². The Morgan fingerprint density at radius 1 is 1.07 bits per heavy atom. The summed E-state index contributed by atoms with van der Waals surface area (Å²) < 4.78 is 66.6. The molecule has 2 atom stereocenters. The smallest absolute Gasteiger partial charge is 0.248 e. The highest BCUT2D eigenvalue weighted by Gasteiger charge is 2.54. The molecule has 3 fully saturated rings. The van der Waals surface area contributed by atoms with E-state index in [4.69, 9.17) is 9.47 Å². The number of ether oxygens (including phenoxy) is 2. The molecule has 6 rings (SSSR count). The Morgan fingerprint density at radius 3 is 2.51 bits per heavy atom. The molecule has 2 saturated heterocycles. The lowest BCUT2D eigenvalue weighted by atomic mass is 9.88. The Bertz CT molecular complexity index is 1850. The first-order valence-corrected chi connectivity index (χ1v) is 18.0. The van der Waals surface area contributed by atoms with E-state index in [9.17, 15) is 31.8 Å². The Balaban J connectivity index is 0.996. The third kappa shape index (κ3) is 6.04. The van der Waals surface area contributed by atoms with Gasteiger partial charge in [0.2, 0.25) is 15.5 Å². The van der Waals surface area contributed by atoms with Crippen molar-refractivity contribution in [3.63, 3.8) is 0 Å². The van der Waals surface area contributed by atoms with Gasteiger partial charge in [0.15, 0.2) is 9.84 Å². The zero-order valence-electron chi connectivity index (χ0n) is 25.1. The van der Waals surface area contributed by atoms with Crippen molar-refractivity contribution < 1.29 is 36.5 Å². The van der Waals surface area contributed by atoms with E-state index in [1.54, 1.807) is 48.0 Å². The van der Waals surface area contributed by atoms with Gasteiger partial charge in [-0.15, -0.1) is 0 Å². The summed E-state index contributed by atoms with van der Waals surface area (Å²) in [5, 5.41) is 23.8. The molecule has 14 heteroatoms. The first kappa shape index (κ1) is 32.1. The van der Waals surface area contributed by atoms with Crippen molar-refractivity contribution in [2.24, 2.45) is 7.05 Å². The van der Waals surface area contributed by atoms with Gasteiger partial charge in [0.25, 0.3) is 0 Å². The maximum Gasteiger partial charge on any atom is 0.248 e. The first-order chi connectivity index (χ1) is 21.4. The number of para-hydroxylation sites is 1. The van der Waals surface area contributed by atoms with E-state index in [0.29, 0.717) is 55.4 Å². The van der Waals surface area contributed by atoms with Crippen molar-refractivity contribution in [2.45, 2.75) is 64.4 Å². The number of sulfone groups is 1. The molecule has 2 aliphatic heterocycles. The summed E-state index contributed by atoms with van der Waals surface area (Å²) in [5.41, 5.74) is -0.323. The predicted molar refractivity (Wildman–Crippen MR) is 166 cm³/mol. The average molecular weight is 662 g/mol. The molecule has 1 aliphatic carbocycles. The zero-order valence-corrected chi connectivity index (χ0v) is 26.7. The van der Waals surface area contributed by atoms with E-state index < -0.39 is 48.3 Å². The number of pyridine rings is 1. The van der Waals surface area contributed by atoms with Gasteiger partial charge in [-0.05, 0) is 62.4 Å². The van der Waals surface area contributed by atoms with Crippen LogP contribution >= 0.6 is 0 Å². The number of aromatic nitrogens is 1. The third-order valence-corrected chi connectivity index (χ3v) is 13.8. The lowest BCUT2D eigenvalue weighted by Gasteiger charge is -2.38. The van der Waals surface area contributed by atoms with Gasteiger partial charge in [0.1, 0.15) is 23.4 Å². The Hall–Kier alpha value is -2.85. The third-order valence-electron chi connectivity index (χ3n) is 9.39. The number of fused-ring (bicyclic) bond motifs is 1. The number of hydrogen-bond donors (Lipinski definition) is 3. The first-order valence-electron chi connectivity index (χ1n) is 15.1. The predicted octanol–water partition coefficient (Wildman–Crippen LogP) is 1.18. The van der Waals surface area contributed by atoms with Crippen LogP contribution in [0.25, 0.3) is 10.9 Å². The minimum atomic E-state index is -4.00. The van der Waals surface area contributed by atoms with Crippen LogP contribution in [0.5, 0.6) is 5.75 Å². The fourth-order valence-electron chi connectivity index (χ4n) is 6.38. The average Bonchev–Trinajstić information content (AvgIpc) is 3.77. The van der Waals surface area contributed by atoms with Crippen LogP contribution in [-0.2, 0) is 31.6 Å². The second kappa shape index (κ2) is 12.1. The standard InChI is InChI=1S/C31H39N3O9S2/c1-33-18-28(29(37)26-7-2-3-8-27(26)33)45(40,41)34-13-11-30(12-14-34)16-22(19-43-30)32-17-23(36)20-42-24-5-4-6-25(15-24)44(38,39)31(21-35)9-10-31/h2-8,15,18,22-23,32,35-36H,9-14,16-17,19-21H2,1H3/t22-,23?/m1/s1. The summed E-state index contributed by atoms with van der Waals surface area (Å²) in [6, 6.07) is 13.0. The maximum absolute atomic E-state index is 13.5. The molecule has 1 spiro atoms. The van der Waals surface area contributed by atoms with Gasteiger partial charge >= 0.3 is 0 Å². The quantitative estimate of drug-likeness (QED) is 0.272. The van der Waals surface area contributed by atoms with E-state index in [0.717, 1.165) is 0 Å². The van der Waals surface area contributed by atoms with Crippen LogP contribution in [0, 0.1) is 0 Å². The van der Waals surface area contributed by atoms with Gasteiger partial charge < -0.3 is 29.6 Å². The minimum Gasteiger partial charge on any atom is -0.491 e. The molecule has 1 unspecified atom stereocenters. The number of hydrogen-bond acceptors (Lipinski definition) is 10. The Labute approximate surface area is 262 Å². The fourth-order valence-corrected chi connectivity index (χ4v) is 9.79. The number of aliphatic hydroxyl groups is 2. The minimum absolute atomic E-state index is 0.0442. The summed E-state index contributed by atoms with van der Waals surface area (Å²) >= 11 is 0. The molecule has 3 N–H and O–H groups in total. The van der Waals surface area contributed by atoms with Crippen LogP contribution in [0.3, 0.4) is 0 Å². The van der Waals surface area contributed by atoms with Gasteiger partial charge in [-0.25, -0.2) is 16.8 Å². The van der Waals surface area contributed by atoms with Crippen LogP contribution in [0.4, 0.5) is 0 Å². The highest BCUT2D eigenvalue weighted by Crippen LogP contribution is 2.46. The summed E-state index contributed by atoms with van der Waals surface area (Å²) in [6.07, 6.45) is 3.00. The maximum atomic E-state index is 13.5. The molecule has 1 saturated carbocycles. The van der Waals surface area contributed by atoms with Crippen molar-refractivity contribution in [1.29, 1.82) is 0 Å². The number of aryl methyl sites for hydroxylation is 1. The van der Waals surface area contributed by atoms with Gasteiger partial charge in [0.05, 0.1) is 34.0 Å². The number of nitrogens with zero attached hydrogens (tertiary/aromatic N) is 2. The van der Waals surface area contributed by atoms with Gasteiger partial charge in [-0.1, -0.05) is 18.2 Å². The summed E-state index contributed by atoms with van der Waals surface area (Å²) in [5.74, 6) is 0.315. The van der Waals surface area contributed by atoms with Crippen LogP contribution < -0.4 is 15.5 Å². The summed E-state index contributed by atoms with van der Waals surface area (Å²) in [7, 11) is -5.95. The molecular formula is C31H39N3O9S2. The Kier molecular flexibility index (Phi) is 8.61. The van der Waals surface area contributed by atoms with Crippen molar-refractivity contribution in [1.82, 2.24) is 14.2 Å². The van der Waals surface area contributed by atoms with Crippen molar-refractivity contribution in [3.05, 3.63) is 65.0 Å². The van der Waals surface area contributed by atoms with Crippen LogP contribution in [0.15, 0.2) is 69.3 Å². The molecule has 0 radical (unpaired) electrons. The van der Waals surface area contributed by atoms with E-state index in [1.165, 1.54) is 22.6 Å². The van der Waals surface area contributed by atoms with E-state index >= 15 is 0 Å². The monoisotopic (exact) mass is 661 g/mol. The number of benzene rings is 2. The van der Waals surface area contributed by atoms with Crippen molar-refractivity contribution in [3.8, 4) is 5.75 Å². The summed E-state index contributed by atoms with van der Waals surface area (Å²) in [6.45, 7) is 0.632. The zero-order chi connectivity index (χ0) is 32.0. The molecule has 244 valence electrons.